The van der Waals surface area contributed by atoms with Crippen molar-refractivity contribution < 1.29 is 9.53 Å². The molecule has 2 aromatic rings. The van der Waals surface area contributed by atoms with E-state index in [1.807, 2.05) is 0 Å². The van der Waals surface area contributed by atoms with Crippen LogP contribution in [0.1, 0.15) is 17.3 Å². The van der Waals surface area contributed by atoms with Crippen molar-refractivity contribution in [3.8, 4) is 0 Å². The van der Waals surface area contributed by atoms with E-state index in [4.69, 9.17) is 4.74 Å². The van der Waals surface area contributed by atoms with Crippen LogP contribution >= 0.6 is 0 Å². The van der Waals surface area contributed by atoms with Gasteiger partial charge < -0.3 is 9.72 Å². The monoisotopic (exact) mass is 191 g/mol. The quantitative estimate of drug-likeness (QED) is 0.722. The Kier molecular flexibility index (Phi) is 2.14. The number of carbonyl (C=O) groups is 1. The van der Waals surface area contributed by atoms with Crippen molar-refractivity contribution in [2.75, 3.05) is 6.61 Å². The summed E-state index contributed by atoms with van der Waals surface area (Å²) in [4.78, 5) is 22.2. The highest BCUT2D eigenvalue weighted by Gasteiger charge is 2.13. The topological polar surface area (TPSA) is 67.9 Å². The molecule has 1 N–H and O–H groups in total. The van der Waals surface area contributed by atoms with E-state index >= 15 is 0 Å². The number of carbonyl (C=O) groups excluding carboxylic acids is 1. The van der Waals surface area contributed by atoms with Crippen LogP contribution in [-0.4, -0.2) is 27.5 Å². The largest absolute Gasteiger partial charge is 0.462 e. The lowest BCUT2D eigenvalue weighted by Gasteiger charge is -1.97. The molecule has 5 nitrogen and oxygen atoms in total. The van der Waals surface area contributed by atoms with E-state index in [9.17, 15) is 4.79 Å². The maximum Gasteiger partial charge on any atom is 0.341 e. The van der Waals surface area contributed by atoms with E-state index in [2.05, 4.69) is 15.0 Å². The fourth-order valence-electron chi connectivity index (χ4n) is 1.23. The highest BCUT2D eigenvalue weighted by Crippen LogP contribution is 2.14. The third-order valence-corrected chi connectivity index (χ3v) is 1.83. The van der Waals surface area contributed by atoms with Gasteiger partial charge in [0.1, 0.15) is 17.4 Å². The van der Waals surface area contributed by atoms with Crippen molar-refractivity contribution in [1.29, 1.82) is 0 Å². The number of nitrogens with one attached hydrogen (secondary N) is 1. The van der Waals surface area contributed by atoms with Gasteiger partial charge in [-0.05, 0) is 6.92 Å². The van der Waals surface area contributed by atoms with Crippen LogP contribution in [0.15, 0.2) is 18.7 Å². The molecule has 2 rings (SSSR count). The summed E-state index contributed by atoms with van der Waals surface area (Å²) in [7, 11) is 0. The molecule has 0 saturated carbocycles. The lowest BCUT2D eigenvalue weighted by molar-refractivity contribution is 0.0528. The van der Waals surface area contributed by atoms with Gasteiger partial charge >= 0.3 is 5.97 Å². The summed E-state index contributed by atoms with van der Waals surface area (Å²) in [6.45, 7) is 2.12. The molecule has 14 heavy (non-hydrogen) atoms. The minimum absolute atomic E-state index is 0.358. The number of nitrogens with zero attached hydrogens (tertiary/aromatic N) is 2. The molecule has 0 aliphatic heterocycles. The molecule has 0 fully saturated rings. The highest BCUT2D eigenvalue weighted by molar-refractivity contribution is 6.01. The van der Waals surface area contributed by atoms with Gasteiger partial charge in [0.25, 0.3) is 0 Å². The van der Waals surface area contributed by atoms with Crippen LogP contribution < -0.4 is 0 Å². The van der Waals surface area contributed by atoms with Crippen LogP contribution in [0.25, 0.3) is 11.0 Å². The van der Waals surface area contributed by atoms with Crippen LogP contribution in [0.2, 0.25) is 0 Å². The average molecular weight is 191 g/mol. The van der Waals surface area contributed by atoms with Gasteiger partial charge in [0, 0.05) is 6.20 Å². The highest BCUT2D eigenvalue weighted by atomic mass is 16.5. The fourth-order valence-corrected chi connectivity index (χ4v) is 1.23. The van der Waals surface area contributed by atoms with Gasteiger partial charge in [0.15, 0.2) is 0 Å². The Morgan fingerprint density at radius 2 is 2.50 bits per heavy atom. The second-order valence-corrected chi connectivity index (χ2v) is 2.71. The van der Waals surface area contributed by atoms with Gasteiger partial charge in [-0.3, -0.25) is 0 Å². The Bertz CT molecular complexity index is 464. The third-order valence-electron chi connectivity index (χ3n) is 1.83. The molecule has 0 atom stereocenters. The lowest BCUT2D eigenvalue weighted by atomic mass is 10.3. The zero-order valence-corrected chi connectivity index (χ0v) is 7.65. The van der Waals surface area contributed by atoms with Gasteiger partial charge in [-0.25, -0.2) is 14.8 Å². The van der Waals surface area contributed by atoms with E-state index in [1.165, 1.54) is 6.33 Å². The van der Waals surface area contributed by atoms with Crippen molar-refractivity contribution in [3.05, 3.63) is 24.3 Å². The van der Waals surface area contributed by atoms with Crippen LogP contribution in [-0.2, 0) is 4.74 Å². The molecule has 0 aliphatic rings. The number of hydrogen-bond acceptors (Lipinski definition) is 4. The first-order valence-corrected chi connectivity index (χ1v) is 4.27. The van der Waals surface area contributed by atoms with Crippen LogP contribution in [0.3, 0.4) is 0 Å². The number of fused-ring (bicyclic) bond motifs is 1. The summed E-state index contributed by atoms with van der Waals surface area (Å²) in [5.74, 6) is -0.363. The predicted octanol–water partition coefficient (Wildman–Crippen LogP) is 1.13. The molecule has 0 unspecified atom stereocenters. The molecular weight excluding hydrogens is 182 g/mol. The van der Waals surface area contributed by atoms with Crippen molar-refractivity contribution in [3.63, 3.8) is 0 Å². The first-order chi connectivity index (χ1) is 6.83. The maximum absolute atomic E-state index is 11.4. The zero-order valence-electron chi connectivity index (χ0n) is 7.65. The lowest BCUT2D eigenvalue weighted by Crippen LogP contribution is -2.03. The SMILES string of the molecule is CCOC(=O)c1c[nH]c2cncnc12. The molecule has 0 radical (unpaired) electrons. The first-order valence-electron chi connectivity index (χ1n) is 4.27. The molecule has 2 aromatic heterocycles. The van der Waals surface area contributed by atoms with E-state index in [1.54, 1.807) is 19.3 Å². The number of ether oxygens (including phenoxy) is 1. The molecule has 0 spiro atoms. The summed E-state index contributed by atoms with van der Waals surface area (Å²) in [6, 6.07) is 0. The molecule has 72 valence electrons. The molecule has 0 amide bonds. The molecular formula is C9H9N3O2. The van der Waals surface area contributed by atoms with Gasteiger partial charge in [-0.1, -0.05) is 0 Å². The summed E-state index contributed by atoms with van der Waals surface area (Å²) in [5.41, 5.74) is 1.78. The number of aromatic amines is 1. The Morgan fingerprint density at radius 1 is 1.64 bits per heavy atom. The molecule has 5 heteroatoms. The van der Waals surface area contributed by atoms with Crippen molar-refractivity contribution >= 4 is 17.0 Å². The summed E-state index contributed by atoms with van der Waals surface area (Å²) < 4.78 is 4.88. The van der Waals surface area contributed by atoms with Crippen LogP contribution in [0.5, 0.6) is 0 Å². The molecule has 0 saturated heterocycles. The van der Waals surface area contributed by atoms with E-state index in [0.717, 1.165) is 5.52 Å². The summed E-state index contributed by atoms with van der Waals surface area (Å²) in [6.07, 6.45) is 4.60. The maximum atomic E-state index is 11.4. The van der Waals surface area contributed by atoms with E-state index in [-0.39, 0.29) is 5.97 Å². The van der Waals surface area contributed by atoms with Crippen molar-refractivity contribution in [1.82, 2.24) is 15.0 Å². The predicted molar refractivity (Wildman–Crippen MR) is 49.8 cm³/mol. The van der Waals surface area contributed by atoms with E-state index in [0.29, 0.717) is 17.7 Å². The normalized spacial score (nSPS) is 10.4. The zero-order chi connectivity index (χ0) is 9.97. The van der Waals surface area contributed by atoms with Gasteiger partial charge in [-0.2, -0.15) is 0 Å². The Hall–Kier alpha value is -1.91. The summed E-state index contributed by atoms with van der Waals surface area (Å²) >= 11 is 0. The smallest absolute Gasteiger partial charge is 0.341 e. The number of rotatable bonds is 2. The van der Waals surface area contributed by atoms with Crippen molar-refractivity contribution in [2.24, 2.45) is 0 Å². The summed E-state index contributed by atoms with van der Waals surface area (Å²) in [5, 5.41) is 0. The third kappa shape index (κ3) is 1.32. The number of hydrogen-bond donors (Lipinski definition) is 1. The first kappa shape index (κ1) is 8.68. The second-order valence-electron chi connectivity index (χ2n) is 2.71. The average Bonchev–Trinajstić information content (AvgIpc) is 2.61. The molecule has 2 heterocycles. The number of esters is 1. The van der Waals surface area contributed by atoms with Crippen LogP contribution in [0.4, 0.5) is 0 Å². The van der Waals surface area contributed by atoms with Crippen molar-refractivity contribution in [2.45, 2.75) is 6.92 Å². The minimum atomic E-state index is -0.363. The molecule has 0 aromatic carbocycles. The van der Waals surface area contributed by atoms with Gasteiger partial charge in [0.2, 0.25) is 0 Å². The Morgan fingerprint density at radius 3 is 3.29 bits per heavy atom. The number of H-pyrrole nitrogens is 1. The van der Waals surface area contributed by atoms with Gasteiger partial charge in [0.05, 0.1) is 18.3 Å². The Balaban J connectivity index is 2.47. The number of aromatic nitrogens is 3. The fraction of sp³-hybridized carbons (Fsp3) is 0.222. The second kappa shape index (κ2) is 3.45. The van der Waals surface area contributed by atoms with Gasteiger partial charge in [-0.15, -0.1) is 0 Å². The van der Waals surface area contributed by atoms with E-state index < -0.39 is 0 Å². The standard InChI is InChI=1S/C9H9N3O2/c1-2-14-9(13)6-3-11-7-4-10-5-12-8(6)7/h3-5,11H,2H2,1H3. The Labute approximate surface area is 80.1 Å². The molecule has 0 bridgehead atoms. The molecule has 0 aliphatic carbocycles. The minimum Gasteiger partial charge on any atom is -0.462 e. The van der Waals surface area contributed by atoms with Crippen LogP contribution in [0, 0.1) is 0 Å².